The average molecular weight is 481 g/mol. The number of aryl methyl sites for hydroxylation is 1. The number of carbonyl (C=O) groups excluding carboxylic acids is 2. The van der Waals surface area contributed by atoms with E-state index in [1.54, 1.807) is 24.1 Å². The first-order chi connectivity index (χ1) is 16.5. The lowest BCUT2D eigenvalue weighted by atomic mass is 10.1. The number of halogens is 1. The minimum Gasteiger partial charge on any atom is -0.497 e. The van der Waals surface area contributed by atoms with Crippen LogP contribution in [-0.4, -0.2) is 64.7 Å². The normalized spacial score (nSPS) is 14.1. The van der Waals surface area contributed by atoms with Crippen molar-refractivity contribution in [2.75, 3.05) is 33.3 Å². The van der Waals surface area contributed by atoms with E-state index in [9.17, 15) is 9.59 Å². The Labute approximate surface area is 204 Å². The molecule has 0 spiro atoms. The third-order valence-electron chi connectivity index (χ3n) is 6.22. The van der Waals surface area contributed by atoms with E-state index < -0.39 is 0 Å². The maximum atomic E-state index is 13.3. The number of aromatic nitrogens is 2. The fourth-order valence-electron chi connectivity index (χ4n) is 4.23. The van der Waals surface area contributed by atoms with Crippen LogP contribution in [0.3, 0.4) is 0 Å². The Morgan fingerprint density at radius 2 is 1.76 bits per heavy atom. The number of hydrogen-bond donors (Lipinski definition) is 0. The topological polar surface area (TPSA) is 67.7 Å². The molecule has 1 fully saturated rings. The first-order valence-corrected chi connectivity index (χ1v) is 11.8. The predicted octanol–water partition coefficient (Wildman–Crippen LogP) is 4.15. The fourth-order valence-corrected chi connectivity index (χ4v) is 4.41. The summed E-state index contributed by atoms with van der Waals surface area (Å²) in [5.74, 6) is 0.870. The van der Waals surface area contributed by atoms with Gasteiger partial charge in [0.15, 0.2) is 0 Å². The van der Waals surface area contributed by atoms with Crippen LogP contribution in [0.2, 0.25) is 5.02 Å². The van der Waals surface area contributed by atoms with Crippen molar-refractivity contribution in [2.24, 2.45) is 0 Å². The molecule has 178 valence electrons. The van der Waals surface area contributed by atoms with Crippen LogP contribution in [0.5, 0.6) is 5.75 Å². The minimum absolute atomic E-state index is 0.0571. The third kappa shape index (κ3) is 5.42. The lowest BCUT2D eigenvalue weighted by Crippen LogP contribution is -2.37. The van der Waals surface area contributed by atoms with Gasteiger partial charge in [-0.1, -0.05) is 29.8 Å². The van der Waals surface area contributed by atoms with Gasteiger partial charge in [0, 0.05) is 37.6 Å². The van der Waals surface area contributed by atoms with Crippen LogP contribution in [0.25, 0.3) is 5.69 Å². The second-order valence-corrected chi connectivity index (χ2v) is 8.85. The van der Waals surface area contributed by atoms with Crippen LogP contribution in [0.4, 0.5) is 0 Å². The Morgan fingerprint density at radius 1 is 1.03 bits per heavy atom. The van der Waals surface area contributed by atoms with Crippen molar-refractivity contribution in [3.05, 3.63) is 76.6 Å². The third-order valence-corrected chi connectivity index (χ3v) is 6.45. The van der Waals surface area contributed by atoms with Crippen LogP contribution < -0.4 is 4.74 Å². The van der Waals surface area contributed by atoms with E-state index in [0.717, 1.165) is 29.1 Å². The van der Waals surface area contributed by atoms with Crippen molar-refractivity contribution in [2.45, 2.75) is 26.2 Å². The van der Waals surface area contributed by atoms with E-state index in [-0.39, 0.29) is 11.8 Å². The van der Waals surface area contributed by atoms with Gasteiger partial charge in [0.2, 0.25) is 5.91 Å². The van der Waals surface area contributed by atoms with Gasteiger partial charge < -0.3 is 14.5 Å². The zero-order valence-corrected chi connectivity index (χ0v) is 20.3. The number of carbonyl (C=O) groups is 2. The Kier molecular flexibility index (Phi) is 7.53. The Bertz CT molecular complexity index is 1160. The van der Waals surface area contributed by atoms with Crippen LogP contribution in [-0.2, 0) is 11.2 Å². The van der Waals surface area contributed by atoms with Crippen molar-refractivity contribution >= 4 is 23.4 Å². The van der Waals surface area contributed by atoms with Crippen molar-refractivity contribution in [3.8, 4) is 11.4 Å². The number of benzene rings is 2. The second-order valence-electron chi connectivity index (χ2n) is 8.41. The average Bonchev–Trinajstić information content (AvgIpc) is 3.07. The highest BCUT2D eigenvalue weighted by molar-refractivity contribution is 6.30. The summed E-state index contributed by atoms with van der Waals surface area (Å²) in [4.78, 5) is 29.8. The highest BCUT2D eigenvalue weighted by Gasteiger charge is 2.25. The van der Waals surface area contributed by atoms with Crippen LogP contribution in [0.15, 0.2) is 54.7 Å². The summed E-state index contributed by atoms with van der Waals surface area (Å²) < 4.78 is 6.91. The maximum absolute atomic E-state index is 13.3. The molecule has 1 aromatic heterocycles. The van der Waals surface area contributed by atoms with Crippen LogP contribution >= 0.6 is 11.6 Å². The number of rotatable bonds is 6. The van der Waals surface area contributed by atoms with Gasteiger partial charge in [-0.25, -0.2) is 4.68 Å². The molecular weight excluding hydrogens is 452 g/mol. The molecule has 3 aromatic rings. The van der Waals surface area contributed by atoms with E-state index in [4.69, 9.17) is 16.3 Å². The highest BCUT2D eigenvalue weighted by Crippen LogP contribution is 2.20. The van der Waals surface area contributed by atoms with Gasteiger partial charge in [-0.15, -0.1) is 0 Å². The molecule has 1 aliphatic rings. The van der Waals surface area contributed by atoms with Gasteiger partial charge in [0.05, 0.1) is 30.3 Å². The molecule has 1 saturated heterocycles. The summed E-state index contributed by atoms with van der Waals surface area (Å²) in [7, 11) is 1.64. The summed E-state index contributed by atoms with van der Waals surface area (Å²) in [6.07, 6.45) is 3.50. The van der Waals surface area contributed by atoms with Gasteiger partial charge in [0.25, 0.3) is 5.91 Å². The molecule has 0 saturated carbocycles. The van der Waals surface area contributed by atoms with Crippen molar-refractivity contribution in [3.63, 3.8) is 0 Å². The number of ether oxygens (including phenoxy) is 1. The molecule has 2 amide bonds. The largest absolute Gasteiger partial charge is 0.497 e. The fraction of sp³-hybridized carbons (Fsp3) is 0.346. The molecule has 0 bridgehead atoms. The molecule has 0 atom stereocenters. The van der Waals surface area contributed by atoms with E-state index >= 15 is 0 Å². The monoisotopic (exact) mass is 480 g/mol. The van der Waals surface area contributed by atoms with Gasteiger partial charge in [0.1, 0.15) is 5.75 Å². The van der Waals surface area contributed by atoms with Gasteiger partial charge >= 0.3 is 0 Å². The van der Waals surface area contributed by atoms with Crippen LogP contribution in [0.1, 0.15) is 34.5 Å². The summed E-state index contributed by atoms with van der Waals surface area (Å²) in [5.41, 5.74) is 3.25. The smallest absolute Gasteiger partial charge is 0.257 e. The second kappa shape index (κ2) is 10.7. The Morgan fingerprint density at radius 3 is 2.50 bits per heavy atom. The molecule has 0 radical (unpaired) electrons. The van der Waals surface area contributed by atoms with Gasteiger partial charge in [-0.2, -0.15) is 5.10 Å². The van der Waals surface area contributed by atoms with Crippen molar-refractivity contribution in [1.82, 2.24) is 19.6 Å². The summed E-state index contributed by atoms with van der Waals surface area (Å²) in [6, 6.07) is 15.2. The quantitative estimate of drug-likeness (QED) is 0.531. The molecule has 1 aliphatic heterocycles. The molecule has 0 N–H and O–H groups in total. The summed E-state index contributed by atoms with van der Waals surface area (Å²) >= 11 is 6.11. The molecule has 0 aliphatic carbocycles. The lowest BCUT2D eigenvalue weighted by molar-refractivity contribution is -0.131. The molecule has 7 nitrogen and oxygen atoms in total. The van der Waals surface area contributed by atoms with Gasteiger partial charge in [-0.3, -0.25) is 9.59 Å². The number of amides is 2. The summed E-state index contributed by atoms with van der Waals surface area (Å²) in [5, 5.41) is 5.03. The minimum atomic E-state index is -0.0571. The van der Waals surface area contributed by atoms with E-state index in [0.29, 0.717) is 49.6 Å². The Balaban J connectivity index is 1.35. The van der Waals surface area contributed by atoms with Crippen molar-refractivity contribution < 1.29 is 14.3 Å². The molecule has 2 aromatic carbocycles. The number of nitrogens with zero attached hydrogens (tertiary/aromatic N) is 4. The number of methoxy groups -OCH3 is 1. The zero-order chi connectivity index (χ0) is 24.1. The maximum Gasteiger partial charge on any atom is 0.257 e. The molecule has 0 unspecified atom stereocenters. The molecule has 2 heterocycles. The SMILES string of the molecule is COc1ccc(CCC(=O)N2CCCN(C(=O)c3cnn(-c4cccc(Cl)c4)c3C)CC2)cc1. The lowest BCUT2D eigenvalue weighted by Gasteiger charge is -2.22. The Hall–Kier alpha value is -3.32. The molecule has 8 heteroatoms. The molecule has 4 rings (SSSR count). The standard InChI is InChI=1S/C26H29ClN4O3/c1-19-24(18-28-31(19)22-6-3-5-21(27)17-22)26(33)30-14-4-13-29(15-16-30)25(32)12-9-20-7-10-23(34-2)11-8-20/h3,5-8,10-11,17-18H,4,9,12-16H2,1-2H3. The van der Waals surface area contributed by atoms with E-state index in [1.807, 2.05) is 59.2 Å². The molecule has 34 heavy (non-hydrogen) atoms. The van der Waals surface area contributed by atoms with Gasteiger partial charge in [-0.05, 0) is 55.7 Å². The number of hydrogen-bond acceptors (Lipinski definition) is 4. The molecular formula is C26H29ClN4O3. The summed E-state index contributed by atoms with van der Waals surface area (Å²) in [6.45, 7) is 4.20. The first kappa shape index (κ1) is 23.8. The predicted molar refractivity (Wildman–Crippen MR) is 132 cm³/mol. The zero-order valence-electron chi connectivity index (χ0n) is 19.5. The van der Waals surface area contributed by atoms with Crippen LogP contribution in [0, 0.1) is 6.92 Å². The van der Waals surface area contributed by atoms with E-state index in [2.05, 4.69) is 5.10 Å². The first-order valence-electron chi connectivity index (χ1n) is 11.5. The highest BCUT2D eigenvalue weighted by atomic mass is 35.5. The van der Waals surface area contributed by atoms with Crippen molar-refractivity contribution in [1.29, 1.82) is 0 Å². The van der Waals surface area contributed by atoms with E-state index in [1.165, 1.54) is 0 Å².